The van der Waals surface area contributed by atoms with Gasteiger partial charge in [-0.05, 0) is 30.7 Å². The van der Waals surface area contributed by atoms with Crippen LogP contribution in [0.25, 0.3) is 0 Å². The van der Waals surface area contributed by atoms with Crippen molar-refractivity contribution in [3.63, 3.8) is 0 Å². The summed E-state index contributed by atoms with van der Waals surface area (Å²) in [4.78, 5) is 10.5. The van der Waals surface area contributed by atoms with Crippen molar-refractivity contribution in [3.8, 4) is 5.75 Å². The van der Waals surface area contributed by atoms with Crippen LogP contribution in [0.3, 0.4) is 0 Å². The summed E-state index contributed by atoms with van der Waals surface area (Å²) < 4.78 is 6.72. The van der Waals surface area contributed by atoms with Crippen molar-refractivity contribution >= 4 is 27.3 Å². The Labute approximate surface area is 131 Å². The van der Waals surface area contributed by atoms with Crippen LogP contribution in [0.2, 0.25) is 0 Å². The Balaban J connectivity index is 2.24. The minimum Gasteiger partial charge on any atom is -0.489 e. The molecule has 0 spiro atoms. The van der Waals surface area contributed by atoms with Gasteiger partial charge in [0.15, 0.2) is 0 Å². The standard InChI is InChI=1S/C15H15BrN2O3/c1-10-3-4-12(16)8-15(10)21-9-11-7-13(18(19)20)5-6-14(11)17-2/h3-8,17H,9H2,1-2H3. The van der Waals surface area contributed by atoms with Gasteiger partial charge in [0.1, 0.15) is 12.4 Å². The second-order valence-corrected chi connectivity index (χ2v) is 5.46. The number of halogens is 1. The summed E-state index contributed by atoms with van der Waals surface area (Å²) in [5, 5.41) is 13.9. The molecule has 0 heterocycles. The molecule has 0 bridgehead atoms. The molecule has 0 aliphatic rings. The van der Waals surface area contributed by atoms with Crippen molar-refractivity contribution in [1.29, 1.82) is 0 Å². The summed E-state index contributed by atoms with van der Waals surface area (Å²) in [6.45, 7) is 2.21. The van der Waals surface area contributed by atoms with E-state index in [9.17, 15) is 10.1 Å². The number of benzene rings is 2. The van der Waals surface area contributed by atoms with E-state index in [2.05, 4.69) is 21.2 Å². The Morgan fingerprint density at radius 3 is 2.71 bits per heavy atom. The molecule has 1 N–H and O–H groups in total. The van der Waals surface area contributed by atoms with Crippen LogP contribution in [-0.4, -0.2) is 12.0 Å². The maximum atomic E-state index is 10.9. The van der Waals surface area contributed by atoms with E-state index in [1.54, 1.807) is 13.1 Å². The van der Waals surface area contributed by atoms with E-state index >= 15 is 0 Å². The van der Waals surface area contributed by atoms with Crippen LogP contribution in [0.15, 0.2) is 40.9 Å². The van der Waals surface area contributed by atoms with Gasteiger partial charge in [-0.1, -0.05) is 22.0 Å². The van der Waals surface area contributed by atoms with Crippen molar-refractivity contribution in [2.45, 2.75) is 13.5 Å². The predicted molar refractivity (Wildman–Crippen MR) is 85.9 cm³/mol. The molecule has 2 aromatic carbocycles. The average molecular weight is 351 g/mol. The number of nitro groups is 1. The highest BCUT2D eigenvalue weighted by Crippen LogP contribution is 2.26. The lowest BCUT2D eigenvalue weighted by Crippen LogP contribution is -2.02. The number of nitrogens with one attached hydrogen (secondary N) is 1. The molecule has 110 valence electrons. The van der Waals surface area contributed by atoms with E-state index in [0.29, 0.717) is 0 Å². The molecule has 0 aliphatic heterocycles. The summed E-state index contributed by atoms with van der Waals surface area (Å²) in [7, 11) is 1.77. The van der Waals surface area contributed by atoms with Gasteiger partial charge in [0.25, 0.3) is 5.69 Å². The first-order valence-electron chi connectivity index (χ1n) is 6.35. The Morgan fingerprint density at radius 1 is 1.29 bits per heavy atom. The third kappa shape index (κ3) is 3.72. The number of aryl methyl sites for hydroxylation is 1. The second-order valence-electron chi connectivity index (χ2n) is 4.55. The predicted octanol–water partition coefficient (Wildman–Crippen LogP) is 4.29. The molecule has 2 rings (SSSR count). The van der Waals surface area contributed by atoms with Gasteiger partial charge in [0, 0.05) is 34.9 Å². The zero-order valence-corrected chi connectivity index (χ0v) is 13.3. The number of nitro benzene ring substituents is 1. The lowest BCUT2D eigenvalue weighted by Gasteiger charge is -2.12. The largest absolute Gasteiger partial charge is 0.489 e. The Hall–Kier alpha value is -2.08. The molecule has 5 nitrogen and oxygen atoms in total. The number of hydrogen-bond acceptors (Lipinski definition) is 4. The van der Waals surface area contributed by atoms with Crippen LogP contribution >= 0.6 is 15.9 Å². The number of anilines is 1. The number of hydrogen-bond donors (Lipinski definition) is 1. The number of rotatable bonds is 5. The highest BCUT2D eigenvalue weighted by molar-refractivity contribution is 9.10. The fourth-order valence-electron chi connectivity index (χ4n) is 1.94. The topological polar surface area (TPSA) is 64.4 Å². The second kappa shape index (κ2) is 6.58. The highest BCUT2D eigenvalue weighted by atomic mass is 79.9. The van der Waals surface area contributed by atoms with E-state index in [1.165, 1.54) is 12.1 Å². The number of nitrogens with zero attached hydrogens (tertiary/aromatic N) is 1. The molecule has 2 aromatic rings. The van der Waals surface area contributed by atoms with E-state index in [0.717, 1.165) is 27.0 Å². The summed E-state index contributed by atoms with van der Waals surface area (Å²) in [6, 6.07) is 10.5. The Bertz CT molecular complexity index is 674. The van der Waals surface area contributed by atoms with Gasteiger partial charge >= 0.3 is 0 Å². The van der Waals surface area contributed by atoms with Crippen LogP contribution in [0.4, 0.5) is 11.4 Å². The van der Waals surface area contributed by atoms with Crippen molar-refractivity contribution in [2.24, 2.45) is 0 Å². The first-order valence-corrected chi connectivity index (χ1v) is 7.14. The van der Waals surface area contributed by atoms with Gasteiger partial charge in [-0.3, -0.25) is 10.1 Å². The van der Waals surface area contributed by atoms with Crippen molar-refractivity contribution in [1.82, 2.24) is 0 Å². The third-order valence-electron chi connectivity index (χ3n) is 3.10. The summed E-state index contributed by atoms with van der Waals surface area (Å²) in [5.41, 5.74) is 2.62. The first-order chi connectivity index (χ1) is 10.0. The molecule has 0 saturated heterocycles. The van der Waals surface area contributed by atoms with E-state index < -0.39 is 4.92 Å². The molecule has 0 radical (unpaired) electrons. The van der Waals surface area contributed by atoms with Crippen molar-refractivity contribution < 1.29 is 9.66 Å². The van der Waals surface area contributed by atoms with Gasteiger partial charge < -0.3 is 10.1 Å². The maximum Gasteiger partial charge on any atom is 0.269 e. The molecule has 6 heteroatoms. The minimum atomic E-state index is -0.409. The molecular formula is C15H15BrN2O3. The molecule has 0 amide bonds. The molecule has 0 unspecified atom stereocenters. The Morgan fingerprint density at radius 2 is 2.05 bits per heavy atom. The van der Waals surface area contributed by atoms with Crippen LogP contribution in [0.1, 0.15) is 11.1 Å². The summed E-state index contributed by atoms with van der Waals surface area (Å²) in [6.07, 6.45) is 0. The SMILES string of the molecule is CNc1ccc([N+](=O)[O-])cc1COc1cc(Br)ccc1C. The van der Waals surface area contributed by atoms with Crippen LogP contribution in [0.5, 0.6) is 5.75 Å². The number of ether oxygens (including phenoxy) is 1. The lowest BCUT2D eigenvalue weighted by atomic mass is 10.1. The first kappa shape index (κ1) is 15.3. The zero-order valence-electron chi connectivity index (χ0n) is 11.7. The highest BCUT2D eigenvalue weighted by Gasteiger charge is 2.11. The molecular weight excluding hydrogens is 336 g/mol. The molecule has 0 atom stereocenters. The van der Waals surface area contributed by atoms with Crippen LogP contribution in [-0.2, 0) is 6.61 Å². The normalized spacial score (nSPS) is 10.2. The fourth-order valence-corrected chi connectivity index (χ4v) is 2.28. The number of non-ortho nitro benzene ring substituents is 1. The van der Waals surface area contributed by atoms with E-state index in [4.69, 9.17) is 4.74 Å². The minimum absolute atomic E-state index is 0.0542. The third-order valence-corrected chi connectivity index (χ3v) is 3.60. The quantitative estimate of drug-likeness (QED) is 0.645. The smallest absolute Gasteiger partial charge is 0.269 e. The molecule has 0 fully saturated rings. The van der Waals surface area contributed by atoms with Gasteiger partial charge in [-0.25, -0.2) is 0 Å². The van der Waals surface area contributed by atoms with Crippen molar-refractivity contribution in [3.05, 3.63) is 62.1 Å². The monoisotopic (exact) mass is 350 g/mol. The van der Waals surface area contributed by atoms with E-state index in [1.807, 2.05) is 25.1 Å². The van der Waals surface area contributed by atoms with Gasteiger partial charge in [0.2, 0.25) is 0 Å². The lowest BCUT2D eigenvalue weighted by molar-refractivity contribution is -0.384. The van der Waals surface area contributed by atoms with E-state index in [-0.39, 0.29) is 12.3 Å². The summed E-state index contributed by atoms with van der Waals surface area (Å²) in [5.74, 6) is 0.748. The Kier molecular flexibility index (Phi) is 4.80. The van der Waals surface area contributed by atoms with Crippen LogP contribution in [0, 0.1) is 17.0 Å². The molecule has 0 aromatic heterocycles. The van der Waals surface area contributed by atoms with Crippen molar-refractivity contribution in [2.75, 3.05) is 12.4 Å². The summed E-state index contributed by atoms with van der Waals surface area (Å²) >= 11 is 3.40. The maximum absolute atomic E-state index is 10.9. The molecule has 21 heavy (non-hydrogen) atoms. The zero-order chi connectivity index (χ0) is 15.4. The van der Waals surface area contributed by atoms with Gasteiger partial charge in [-0.2, -0.15) is 0 Å². The molecule has 0 saturated carbocycles. The molecule has 0 aliphatic carbocycles. The van der Waals surface area contributed by atoms with Gasteiger partial charge in [-0.15, -0.1) is 0 Å². The van der Waals surface area contributed by atoms with Crippen LogP contribution < -0.4 is 10.1 Å². The van der Waals surface area contributed by atoms with Gasteiger partial charge in [0.05, 0.1) is 4.92 Å². The fraction of sp³-hybridized carbons (Fsp3) is 0.200. The average Bonchev–Trinajstić information content (AvgIpc) is 2.47.